The monoisotopic (exact) mass is 374 g/mol. The Balaban J connectivity index is 2.11. The highest BCUT2D eigenvalue weighted by Crippen LogP contribution is 2.31. The molecule has 0 saturated carbocycles. The van der Waals surface area contributed by atoms with Crippen molar-refractivity contribution in [1.82, 2.24) is 20.1 Å². The molecule has 0 aliphatic heterocycles. The molecule has 0 fully saturated rings. The van der Waals surface area contributed by atoms with E-state index in [2.05, 4.69) is 15.4 Å². The van der Waals surface area contributed by atoms with E-state index in [4.69, 9.17) is 0 Å². The van der Waals surface area contributed by atoms with Crippen molar-refractivity contribution in [3.05, 3.63) is 66.0 Å². The van der Waals surface area contributed by atoms with Gasteiger partial charge in [-0.2, -0.15) is 13.2 Å². The minimum atomic E-state index is -4.48. The summed E-state index contributed by atoms with van der Waals surface area (Å²) < 4.78 is 40.5. The maximum atomic E-state index is 13.1. The topological polar surface area (TPSA) is 59.8 Å². The van der Waals surface area contributed by atoms with E-state index in [1.54, 1.807) is 24.3 Å². The molecular formula is C19H17F3N4O. The van der Waals surface area contributed by atoms with E-state index in [0.717, 1.165) is 18.6 Å². The molecule has 3 rings (SSSR count). The summed E-state index contributed by atoms with van der Waals surface area (Å²) in [4.78, 5) is 16.5. The summed E-state index contributed by atoms with van der Waals surface area (Å²) in [6.45, 7) is 2.36. The molecule has 2 aromatic carbocycles. The fourth-order valence-corrected chi connectivity index (χ4v) is 2.49. The third-order valence-corrected chi connectivity index (χ3v) is 3.80. The first-order valence-corrected chi connectivity index (χ1v) is 8.38. The molecule has 0 aliphatic carbocycles. The Hall–Kier alpha value is -3.16. The van der Waals surface area contributed by atoms with E-state index in [1.807, 2.05) is 13.0 Å². The molecule has 0 saturated heterocycles. The normalized spacial score (nSPS) is 11.4. The highest BCUT2D eigenvalue weighted by Gasteiger charge is 2.31. The third kappa shape index (κ3) is 4.16. The Morgan fingerprint density at radius 1 is 1.11 bits per heavy atom. The first kappa shape index (κ1) is 18.6. The van der Waals surface area contributed by atoms with Crippen molar-refractivity contribution < 1.29 is 18.0 Å². The average Bonchev–Trinajstić information content (AvgIpc) is 3.12. The molecule has 1 heterocycles. The van der Waals surface area contributed by atoms with Crippen LogP contribution in [-0.2, 0) is 6.18 Å². The van der Waals surface area contributed by atoms with Crippen LogP contribution in [0.1, 0.15) is 29.5 Å². The summed E-state index contributed by atoms with van der Waals surface area (Å²) in [5, 5.41) is 6.83. The average molecular weight is 374 g/mol. The van der Waals surface area contributed by atoms with Crippen molar-refractivity contribution in [2.24, 2.45) is 0 Å². The maximum Gasteiger partial charge on any atom is 0.416 e. The van der Waals surface area contributed by atoms with Gasteiger partial charge in [-0.3, -0.25) is 4.79 Å². The number of aromatic nitrogens is 3. The molecule has 5 nitrogen and oxygen atoms in total. The van der Waals surface area contributed by atoms with Crippen LogP contribution in [0.5, 0.6) is 0 Å². The Morgan fingerprint density at radius 2 is 1.85 bits per heavy atom. The van der Waals surface area contributed by atoms with Crippen LogP contribution in [0.25, 0.3) is 17.1 Å². The number of carbonyl (C=O) groups excluding carboxylic acids is 1. The van der Waals surface area contributed by atoms with Crippen molar-refractivity contribution in [2.75, 3.05) is 6.54 Å². The number of hydrogen-bond donors (Lipinski definition) is 1. The fraction of sp³-hybridized carbons (Fsp3) is 0.211. The summed E-state index contributed by atoms with van der Waals surface area (Å²) in [6.07, 6.45) is -3.74. The van der Waals surface area contributed by atoms with Gasteiger partial charge < -0.3 is 5.32 Å². The number of halogens is 3. The van der Waals surface area contributed by atoms with E-state index in [1.165, 1.54) is 16.8 Å². The van der Waals surface area contributed by atoms with Crippen LogP contribution in [0.2, 0.25) is 0 Å². The Morgan fingerprint density at radius 3 is 2.52 bits per heavy atom. The van der Waals surface area contributed by atoms with E-state index in [-0.39, 0.29) is 17.3 Å². The molecular weight excluding hydrogens is 357 g/mol. The molecule has 1 amide bonds. The highest BCUT2D eigenvalue weighted by molar-refractivity contribution is 5.91. The molecule has 0 radical (unpaired) electrons. The molecule has 1 N–H and O–H groups in total. The zero-order valence-electron chi connectivity index (χ0n) is 14.5. The van der Waals surface area contributed by atoms with Crippen molar-refractivity contribution in [1.29, 1.82) is 0 Å². The largest absolute Gasteiger partial charge is 0.416 e. The number of carbonyl (C=O) groups is 1. The highest BCUT2D eigenvalue weighted by atomic mass is 19.4. The maximum absolute atomic E-state index is 13.1. The van der Waals surface area contributed by atoms with E-state index < -0.39 is 17.6 Å². The van der Waals surface area contributed by atoms with Crippen LogP contribution >= 0.6 is 0 Å². The standard InChI is InChI=1S/C19H17F3N4O/c1-2-11-23-18(27)16-24-17(13-7-4-3-5-8-13)26(25-16)15-10-6-9-14(12-15)19(20,21)22/h3-10,12H,2,11H2,1H3,(H,23,27). The molecule has 0 bridgehead atoms. The minimum absolute atomic E-state index is 0.0975. The first-order valence-electron chi connectivity index (χ1n) is 8.38. The molecule has 0 aliphatic rings. The SMILES string of the molecule is CCCNC(=O)c1nc(-c2ccccc2)n(-c2cccc(C(F)(F)F)c2)n1. The lowest BCUT2D eigenvalue weighted by atomic mass is 10.2. The van der Waals surface area contributed by atoms with E-state index in [0.29, 0.717) is 12.1 Å². The number of alkyl halides is 3. The van der Waals surface area contributed by atoms with Gasteiger partial charge in [0.2, 0.25) is 5.82 Å². The Kier molecular flexibility index (Phi) is 5.25. The molecule has 0 unspecified atom stereocenters. The van der Waals surface area contributed by atoms with Crippen LogP contribution in [0.15, 0.2) is 54.6 Å². The van der Waals surface area contributed by atoms with Gasteiger partial charge in [0.05, 0.1) is 11.3 Å². The van der Waals surface area contributed by atoms with E-state index >= 15 is 0 Å². The van der Waals surface area contributed by atoms with Gasteiger partial charge >= 0.3 is 6.18 Å². The van der Waals surface area contributed by atoms with Crippen LogP contribution in [0, 0.1) is 0 Å². The predicted octanol–water partition coefficient (Wildman–Crippen LogP) is 4.09. The van der Waals surface area contributed by atoms with Crippen molar-refractivity contribution in [3.8, 4) is 17.1 Å². The number of hydrogen-bond acceptors (Lipinski definition) is 3. The van der Waals surface area contributed by atoms with Crippen molar-refractivity contribution in [2.45, 2.75) is 19.5 Å². The molecule has 27 heavy (non-hydrogen) atoms. The van der Waals surface area contributed by atoms with Gasteiger partial charge in [-0.05, 0) is 24.6 Å². The van der Waals surface area contributed by atoms with Gasteiger partial charge in [0.1, 0.15) is 0 Å². The van der Waals surface area contributed by atoms with Gasteiger partial charge in [-0.1, -0.05) is 43.3 Å². The summed E-state index contributed by atoms with van der Waals surface area (Å²) in [5.74, 6) is -0.281. The second-order valence-corrected chi connectivity index (χ2v) is 5.84. The number of benzene rings is 2. The van der Waals surface area contributed by atoms with Crippen LogP contribution in [0.4, 0.5) is 13.2 Å². The summed E-state index contributed by atoms with van der Waals surface area (Å²) in [6, 6.07) is 13.6. The van der Waals surface area contributed by atoms with Gasteiger partial charge in [-0.25, -0.2) is 9.67 Å². The number of rotatable bonds is 5. The number of nitrogens with zero attached hydrogens (tertiary/aromatic N) is 3. The van der Waals surface area contributed by atoms with Crippen LogP contribution in [0.3, 0.4) is 0 Å². The van der Waals surface area contributed by atoms with Crippen LogP contribution < -0.4 is 5.32 Å². The molecule has 140 valence electrons. The number of nitrogens with one attached hydrogen (secondary N) is 1. The lowest BCUT2D eigenvalue weighted by Gasteiger charge is -2.10. The van der Waals surface area contributed by atoms with Crippen molar-refractivity contribution >= 4 is 5.91 Å². The van der Waals surface area contributed by atoms with E-state index in [9.17, 15) is 18.0 Å². The van der Waals surface area contributed by atoms with Crippen molar-refractivity contribution in [3.63, 3.8) is 0 Å². The second kappa shape index (κ2) is 7.61. The lowest BCUT2D eigenvalue weighted by Crippen LogP contribution is -2.25. The minimum Gasteiger partial charge on any atom is -0.349 e. The predicted molar refractivity (Wildman–Crippen MR) is 94.4 cm³/mol. The third-order valence-electron chi connectivity index (χ3n) is 3.80. The summed E-state index contributed by atoms with van der Waals surface area (Å²) in [7, 11) is 0. The molecule has 1 aromatic heterocycles. The van der Waals surface area contributed by atoms with Gasteiger partial charge in [0, 0.05) is 12.1 Å². The molecule has 3 aromatic rings. The smallest absolute Gasteiger partial charge is 0.349 e. The molecule has 0 atom stereocenters. The van der Waals surface area contributed by atoms with Gasteiger partial charge in [0.15, 0.2) is 5.82 Å². The zero-order valence-corrected chi connectivity index (χ0v) is 14.5. The van der Waals surface area contributed by atoms with Crippen LogP contribution in [-0.4, -0.2) is 27.2 Å². The van der Waals surface area contributed by atoms with Gasteiger partial charge in [-0.15, -0.1) is 5.10 Å². The fourth-order valence-electron chi connectivity index (χ4n) is 2.49. The summed E-state index contributed by atoms with van der Waals surface area (Å²) >= 11 is 0. The molecule has 8 heteroatoms. The zero-order chi connectivity index (χ0) is 19.4. The Labute approximate surface area is 153 Å². The lowest BCUT2D eigenvalue weighted by molar-refractivity contribution is -0.137. The number of amides is 1. The van der Waals surface area contributed by atoms with Gasteiger partial charge in [0.25, 0.3) is 5.91 Å². The molecule has 0 spiro atoms. The summed E-state index contributed by atoms with van der Waals surface area (Å²) in [5.41, 5.74) is 0.00849. The quantitative estimate of drug-likeness (QED) is 0.732. The first-order chi connectivity index (χ1) is 12.9. The Bertz CT molecular complexity index is 936. The second-order valence-electron chi connectivity index (χ2n) is 5.84.